The van der Waals surface area contributed by atoms with E-state index in [0.717, 1.165) is 15.4 Å². The predicted molar refractivity (Wildman–Crippen MR) is 91.2 cm³/mol. The molecule has 2 atom stereocenters. The second-order valence-corrected chi connectivity index (χ2v) is 7.16. The van der Waals surface area contributed by atoms with Crippen LogP contribution >= 0.6 is 15.9 Å². The maximum Gasteiger partial charge on any atom is 0.407 e. The number of aromatic amines is 1. The molecule has 0 fully saturated rings. The van der Waals surface area contributed by atoms with Crippen LogP contribution in [0.15, 0.2) is 28.9 Å². The van der Waals surface area contributed by atoms with Crippen LogP contribution in [0.4, 0.5) is 4.79 Å². The first kappa shape index (κ1) is 17.8. The third kappa shape index (κ3) is 4.46. The minimum Gasteiger partial charge on any atom is -0.444 e. The standard InChI is InChI=1S/C16H21BrN2O4/c1-16(2,3)23-15(22)19-8-12(20)14(21)9-7-18-11-6-4-5-10(17)13(9)11/h4-7,12,14,18,20-21H,8H2,1-3H3,(H,19,22). The van der Waals surface area contributed by atoms with Gasteiger partial charge in [-0.3, -0.25) is 0 Å². The SMILES string of the molecule is CC(C)(C)OC(=O)NCC(O)C(O)c1c[nH]c2cccc(Br)c12. The molecule has 23 heavy (non-hydrogen) atoms. The number of halogens is 1. The Labute approximate surface area is 143 Å². The predicted octanol–water partition coefficient (Wildman–Crippen LogP) is 2.85. The van der Waals surface area contributed by atoms with Gasteiger partial charge in [0.15, 0.2) is 0 Å². The monoisotopic (exact) mass is 384 g/mol. The Balaban J connectivity index is 2.04. The maximum absolute atomic E-state index is 11.6. The Hall–Kier alpha value is -1.57. The van der Waals surface area contributed by atoms with Crippen LogP contribution in [0.5, 0.6) is 0 Å². The summed E-state index contributed by atoms with van der Waals surface area (Å²) < 4.78 is 5.91. The zero-order valence-electron chi connectivity index (χ0n) is 13.3. The van der Waals surface area contributed by atoms with E-state index in [4.69, 9.17) is 4.74 Å². The van der Waals surface area contributed by atoms with Gasteiger partial charge in [0, 0.05) is 33.7 Å². The van der Waals surface area contributed by atoms with Crippen LogP contribution < -0.4 is 5.32 Å². The highest BCUT2D eigenvalue weighted by molar-refractivity contribution is 9.10. The number of rotatable bonds is 4. The molecule has 2 rings (SSSR count). The fourth-order valence-electron chi connectivity index (χ4n) is 2.22. The van der Waals surface area contributed by atoms with Gasteiger partial charge in [-0.15, -0.1) is 0 Å². The van der Waals surface area contributed by atoms with Gasteiger partial charge in [0.1, 0.15) is 17.8 Å². The van der Waals surface area contributed by atoms with E-state index in [9.17, 15) is 15.0 Å². The maximum atomic E-state index is 11.6. The topological polar surface area (TPSA) is 94.6 Å². The van der Waals surface area contributed by atoms with Gasteiger partial charge in [0.25, 0.3) is 0 Å². The van der Waals surface area contributed by atoms with Gasteiger partial charge < -0.3 is 25.3 Å². The van der Waals surface area contributed by atoms with Gasteiger partial charge in [-0.1, -0.05) is 22.0 Å². The van der Waals surface area contributed by atoms with Crippen molar-refractivity contribution in [3.05, 3.63) is 34.4 Å². The lowest BCUT2D eigenvalue weighted by Crippen LogP contribution is -2.38. The third-order valence-electron chi connectivity index (χ3n) is 3.22. The Morgan fingerprint density at radius 2 is 2.09 bits per heavy atom. The largest absolute Gasteiger partial charge is 0.444 e. The average molecular weight is 385 g/mol. The zero-order chi connectivity index (χ0) is 17.2. The van der Waals surface area contributed by atoms with Gasteiger partial charge >= 0.3 is 6.09 Å². The van der Waals surface area contributed by atoms with Crippen LogP contribution in [0.2, 0.25) is 0 Å². The second-order valence-electron chi connectivity index (χ2n) is 6.30. The number of amides is 1. The summed E-state index contributed by atoms with van der Waals surface area (Å²) in [5.74, 6) is 0. The van der Waals surface area contributed by atoms with E-state index in [2.05, 4.69) is 26.2 Å². The number of hydrogen-bond acceptors (Lipinski definition) is 4. The molecular formula is C16H21BrN2O4. The number of aromatic nitrogens is 1. The molecule has 1 aromatic heterocycles. The second kappa shape index (κ2) is 6.90. The number of aliphatic hydroxyl groups excluding tert-OH is 2. The van der Waals surface area contributed by atoms with E-state index >= 15 is 0 Å². The minimum absolute atomic E-state index is 0.118. The highest BCUT2D eigenvalue weighted by Crippen LogP contribution is 2.31. The summed E-state index contributed by atoms with van der Waals surface area (Å²) in [5.41, 5.74) is 0.793. The van der Waals surface area contributed by atoms with Crippen molar-refractivity contribution in [2.45, 2.75) is 38.6 Å². The lowest BCUT2D eigenvalue weighted by atomic mass is 10.0. The normalized spacial score (nSPS) is 14.5. The van der Waals surface area contributed by atoms with Crippen molar-refractivity contribution in [3.8, 4) is 0 Å². The smallest absolute Gasteiger partial charge is 0.407 e. The third-order valence-corrected chi connectivity index (χ3v) is 3.88. The Kier molecular flexibility index (Phi) is 5.33. The number of carbonyl (C=O) groups excluding carboxylic acids is 1. The van der Waals surface area contributed by atoms with Gasteiger partial charge in [-0.05, 0) is 32.9 Å². The summed E-state index contributed by atoms with van der Waals surface area (Å²) in [6.45, 7) is 5.14. The first-order valence-electron chi connectivity index (χ1n) is 7.27. The van der Waals surface area contributed by atoms with E-state index in [1.165, 1.54) is 0 Å². The van der Waals surface area contributed by atoms with E-state index in [-0.39, 0.29) is 6.54 Å². The van der Waals surface area contributed by atoms with Crippen LogP contribution in [0.3, 0.4) is 0 Å². The molecule has 1 aromatic carbocycles. The van der Waals surface area contributed by atoms with Gasteiger partial charge in [0.2, 0.25) is 0 Å². The van der Waals surface area contributed by atoms with Crippen LogP contribution in [0.1, 0.15) is 32.4 Å². The van der Waals surface area contributed by atoms with Crippen molar-refractivity contribution in [1.82, 2.24) is 10.3 Å². The molecule has 2 aromatic rings. The van der Waals surface area contributed by atoms with E-state index < -0.39 is 23.9 Å². The quantitative estimate of drug-likeness (QED) is 0.651. The molecule has 0 bridgehead atoms. The van der Waals surface area contributed by atoms with Crippen LogP contribution in [0, 0.1) is 0 Å². The highest BCUT2D eigenvalue weighted by atomic mass is 79.9. The molecule has 126 valence electrons. The molecule has 1 amide bonds. The first-order valence-corrected chi connectivity index (χ1v) is 8.07. The number of aliphatic hydroxyl groups is 2. The van der Waals surface area contributed by atoms with Crippen molar-refractivity contribution in [2.75, 3.05) is 6.54 Å². The molecule has 0 aliphatic carbocycles. The van der Waals surface area contributed by atoms with Crippen molar-refractivity contribution < 1.29 is 19.7 Å². The molecule has 2 unspecified atom stereocenters. The summed E-state index contributed by atoms with van der Waals surface area (Å²) in [5, 5.41) is 23.8. The van der Waals surface area contributed by atoms with Crippen molar-refractivity contribution in [2.24, 2.45) is 0 Å². The Bertz CT molecular complexity index is 693. The van der Waals surface area contributed by atoms with E-state index in [1.807, 2.05) is 18.2 Å². The van der Waals surface area contributed by atoms with Crippen LogP contribution in [-0.2, 0) is 4.74 Å². The molecule has 0 saturated carbocycles. The van der Waals surface area contributed by atoms with Gasteiger partial charge in [-0.2, -0.15) is 0 Å². The number of fused-ring (bicyclic) bond motifs is 1. The lowest BCUT2D eigenvalue weighted by Gasteiger charge is -2.22. The summed E-state index contributed by atoms with van der Waals surface area (Å²) in [6, 6.07) is 5.61. The van der Waals surface area contributed by atoms with E-state index in [0.29, 0.717) is 5.56 Å². The fourth-order valence-corrected chi connectivity index (χ4v) is 2.81. The Morgan fingerprint density at radius 1 is 1.39 bits per heavy atom. The molecular weight excluding hydrogens is 364 g/mol. The number of hydrogen-bond donors (Lipinski definition) is 4. The summed E-state index contributed by atoms with van der Waals surface area (Å²) in [6.07, 6.45) is -1.29. The van der Waals surface area contributed by atoms with Crippen molar-refractivity contribution in [3.63, 3.8) is 0 Å². The van der Waals surface area contributed by atoms with Crippen LogP contribution in [-0.4, -0.2) is 39.5 Å². The summed E-state index contributed by atoms with van der Waals surface area (Å²) >= 11 is 3.44. The van der Waals surface area contributed by atoms with Gasteiger partial charge in [0.05, 0.1) is 0 Å². The minimum atomic E-state index is -1.16. The number of nitrogens with one attached hydrogen (secondary N) is 2. The fraction of sp³-hybridized carbons (Fsp3) is 0.438. The van der Waals surface area contributed by atoms with Crippen molar-refractivity contribution >= 4 is 32.9 Å². The first-order chi connectivity index (χ1) is 10.7. The van der Waals surface area contributed by atoms with Gasteiger partial charge in [-0.25, -0.2) is 4.79 Å². The molecule has 0 spiro atoms. The molecule has 0 radical (unpaired) electrons. The van der Waals surface area contributed by atoms with Crippen LogP contribution in [0.25, 0.3) is 10.9 Å². The highest BCUT2D eigenvalue weighted by Gasteiger charge is 2.24. The number of ether oxygens (including phenoxy) is 1. The number of alkyl carbamates (subject to hydrolysis) is 1. The van der Waals surface area contributed by atoms with E-state index in [1.54, 1.807) is 27.0 Å². The van der Waals surface area contributed by atoms with Crippen molar-refractivity contribution in [1.29, 1.82) is 0 Å². The summed E-state index contributed by atoms with van der Waals surface area (Å²) in [7, 11) is 0. The summed E-state index contributed by atoms with van der Waals surface area (Å²) in [4.78, 5) is 14.6. The number of benzene rings is 1. The molecule has 0 saturated heterocycles. The molecule has 7 heteroatoms. The number of carbonyl (C=O) groups is 1. The zero-order valence-corrected chi connectivity index (χ0v) is 14.8. The molecule has 1 heterocycles. The Morgan fingerprint density at radius 3 is 2.74 bits per heavy atom. The average Bonchev–Trinajstić information content (AvgIpc) is 2.87. The molecule has 6 nitrogen and oxygen atoms in total. The molecule has 0 aliphatic rings. The lowest BCUT2D eigenvalue weighted by molar-refractivity contribution is 0.0136. The number of H-pyrrole nitrogens is 1. The molecule has 0 aliphatic heterocycles. The molecule has 4 N–H and O–H groups in total.